The molecule has 0 amide bonds. The minimum atomic E-state index is 0.119. The Morgan fingerprint density at radius 3 is 3.00 bits per heavy atom. The molecule has 1 aromatic heterocycles. The number of hydrogen-bond acceptors (Lipinski definition) is 3. The van der Waals surface area contributed by atoms with E-state index >= 15 is 0 Å². The first kappa shape index (κ1) is 11.2. The number of hydrogen-bond donors (Lipinski definition) is 0. The molecular formula is C15H12O2S. The standard InChI is InChI=1S/C15H12O2S/c1-17-10-7-8-14-12(9-10)15(16)11-5-3-2-4-6-13(11)18-14/h2-4,6-9H,5H2,1H3. The third-order valence-electron chi connectivity index (χ3n) is 3.04. The third-order valence-corrected chi connectivity index (χ3v) is 4.22. The van der Waals surface area contributed by atoms with Gasteiger partial charge in [-0.3, -0.25) is 4.79 Å². The van der Waals surface area contributed by atoms with Gasteiger partial charge in [0.1, 0.15) is 5.75 Å². The first-order chi connectivity index (χ1) is 8.79. The van der Waals surface area contributed by atoms with Crippen LogP contribution in [0, 0.1) is 0 Å². The third kappa shape index (κ3) is 1.77. The van der Waals surface area contributed by atoms with E-state index in [1.807, 2.05) is 42.5 Å². The molecule has 18 heavy (non-hydrogen) atoms. The van der Waals surface area contributed by atoms with Gasteiger partial charge in [0.15, 0.2) is 5.43 Å². The lowest BCUT2D eigenvalue weighted by Crippen LogP contribution is -2.09. The van der Waals surface area contributed by atoms with Crippen LogP contribution >= 0.6 is 11.3 Å². The van der Waals surface area contributed by atoms with Crippen molar-refractivity contribution in [2.45, 2.75) is 6.42 Å². The van der Waals surface area contributed by atoms with Gasteiger partial charge in [-0.05, 0) is 30.7 Å². The van der Waals surface area contributed by atoms with Gasteiger partial charge in [0, 0.05) is 20.5 Å². The molecule has 3 heteroatoms. The van der Waals surface area contributed by atoms with E-state index in [4.69, 9.17) is 4.74 Å². The van der Waals surface area contributed by atoms with Gasteiger partial charge in [-0.1, -0.05) is 18.2 Å². The first-order valence-electron chi connectivity index (χ1n) is 5.76. The highest BCUT2D eigenvalue weighted by molar-refractivity contribution is 7.19. The molecule has 0 saturated carbocycles. The molecule has 0 radical (unpaired) electrons. The minimum Gasteiger partial charge on any atom is -0.497 e. The molecule has 0 saturated heterocycles. The molecule has 0 unspecified atom stereocenters. The summed E-state index contributed by atoms with van der Waals surface area (Å²) in [6.07, 6.45) is 8.69. The van der Waals surface area contributed by atoms with Crippen LogP contribution in [0.1, 0.15) is 10.4 Å². The fraction of sp³-hybridized carbons (Fsp3) is 0.133. The average Bonchev–Trinajstić information content (AvgIpc) is 2.64. The molecule has 0 N–H and O–H groups in total. The van der Waals surface area contributed by atoms with Crippen LogP contribution in [-0.4, -0.2) is 7.11 Å². The zero-order valence-corrected chi connectivity index (χ0v) is 10.8. The van der Waals surface area contributed by atoms with Crippen LogP contribution in [-0.2, 0) is 6.42 Å². The molecule has 0 bridgehead atoms. The number of benzene rings is 1. The van der Waals surface area contributed by atoms with Crippen LogP contribution < -0.4 is 10.2 Å². The van der Waals surface area contributed by atoms with E-state index in [0.717, 1.165) is 26.3 Å². The van der Waals surface area contributed by atoms with Crippen LogP contribution in [0.25, 0.3) is 16.2 Å². The lowest BCUT2D eigenvalue weighted by Gasteiger charge is -2.06. The fourth-order valence-electron chi connectivity index (χ4n) is 2.09. The molecule has 1 aliphatic carbocycles. The van der Waals surface area contributed by atoms with Gasteiger partial charge in [-0.15, -0.1) is 11.3 Å². The minimum absolute atomic E-state index is 0.119. The summed E-state index contributed by atoms with van der Waals surface area (Å²) < 4.78 is 6.19. The predicted molar refractivity (Wildman–Crippen MR) is 76.5 cm³/mol. The average molecular weight is 256 g/mol. The van der Waals surface area contributed by atoms with E-state index in [-0.39, 0.29) is 5.43 Å². The van der Waals surface area contributed by atoms with Crippen LogP contribution in [0.15, 0.2) is 41.2 Å². The summed E-state index contributed by atoms with van der Waals surface area (Å²) in [5.74, 6) is 0.728. The quantitative estimate of drug-likeness (QED) is 0.781. The van der Waals surface area contributed by atoms with E-state index < -0.39 is 0 Å². The Labute approximate surface area is 109 Å². The van der Waals surface area contributed by atoms with Gasteiger partial charge in [0.2, 0.25) is 0 Å². The Bertz CT molecular complexity index is 723. The maximum atomic E-state index is 12.5. The van der Waals surface area contributed by atoms with Crippen LogP contribution in [0.4, 0.5) is 0 Å². The molecule has 0 spiro atoms. The van der Waals surface area contributed by atoms with E-state index in [9.17, 15) is 4.79 Å². The second-order valence-electron chi connectivity index (χ2n) is 4.13. The van der Waals surface area contributed by atoms with E-state index in [0.29, 0.717) is 6.42 Å². The normalized spacial score (nSPS) is 13.4. The molecule has 2 nitrogen and oxygen atoms in total. The van der Waals surface area contributed by atoms with Gasteiger partial charge in [-0.2, -0.15) is 0 Å². The number of rotatable bonds is 1. The maximum Gasteiger partial charge on any atom is 0.192 e. The first-order valence-corrected chi connectivity index (χ1v) is 6.58. The van der Waals surface area contributed by atoms with Crippen molar-refractivity contribution in [3.05, 3.63) is 57.1 Å². The zero-order chi connectivity index (χ0) is 12.5. The largest absolute Gasteiger partial charge is 0.497 e. The van der Waals surface area contributed by atoms with Crippen molar-refractivity contribution >= 4 is 27.5 Å². The molecule has 3 rings (SSSR count). The highest BCUT2D eigenvalue weighted by Crippen LogP contribution is 2.27. The van der Waals surface area contributed by atoms with Gasteiger partial charge in [-0.25, -0.2) is 0 Å². The van der Waals surface area contributed by atoms with Gasteiger partial charge in [0.05, 0.1) is 7.11 Å². The van der Waals surface area contributed by atoms with Gasteiger partial charge >= 0.3 is 0 Å². The monoisotopic (exact) mass is 256 g/mol. The Hall–Kier alpha value is -1.87. The van der Waals surface area contributed by atoms with Crippen molar-refractivity contribution in [2.75, 3.05) is 7.11 Å². The molecule has 0 aliphatic heterocycles. The molecule has 1 aliphatic rings. The molecule has 1 heterocycles. The van der Waals surface area contributed by atoms with Crippen molar-refractivity contribution < 1.29 is 4.74 Å². The summed E-state index contributed by atoms with van der Waals surface area (Å²) in [7, 11) is 1.62. The van der Waals surface area contributed by atoms with Crippen molar-refractivity contribution in [3.8, 4) is 5.75 Å². The molecule has 0 fully saturated rings. The SMILES string of the molecule is COc1ccc2sc3c(c(=O)c2c1)CC=CC=C3. The lowest BCUT2D eigenvalue weighted by atomic mass is 10.1. The summed E-state index contributed by atoms with van der Waals surface area (Å²) in [4.78, 5) is 13.5. The van der Waals surface area contributed by atoms with Crippen LogP contribution in [0.2, 0.25) is 0 Å². The molecule has 0 atom stereocenters. The molecule has 2 aromatic rings. The maximum absolute atomic E-state index is 12.5. The highest BCUT2D eigenvalue weighted by atomic mass is 32.1. The van der Waals surface area contributed by atoms with E-state index in [1.54, 1.807) is 18.4 Å². The molecular weight excluding hydrogens is 244 g/mol. The van der Waals surface area contributed by atoms with Gasteiger partial charge < -0.3 is 4.74 Å². The van der Waals surface area contributed by atoms with Gasteiger partial charge in [0.25, 0.3) is 0 Å². The summed E-state index contributed by atoms with van der Waals surface area (Å²) in [5, 5.41) is 0.752. The Morgan fingerprint density at radius 1 is 1.28 bits per heavy atom. The smallest absolute Gasteiger partial charge is 0.192 e. The number of methoxy groups -OCH3 is 1. The Morgan fingerprint density at radius 2 is 2.17 bits per heavy atom. The topological polar surface area (TPSA) is 26.3 Å². The zero-order valence-electron chi connectivity index (χ0n) is 9.97. The van der Waals surface area contributed by atoms with Crippen LogP contribution in [0.5, 0.6) is 5.75 Å². The number of fused-ring (bicyclic) bond motifs is 2. The summed E-state index contributed by atoms with van der Waals surface area (Å²) in [5.41, 5.74) is 1.000. The van der Waals surface area contributed by atoms with Crippen molar-refractivity contribution in [1.29, 1.82) is 0 Å². The second kappa shape index (κ2) is 4.42. The second-order valence-corrected chi connectivity index (χ2v) is 5.21. The number of ether oxygens (including phenoxy) is 1. The van der Waals surface area contributed by atoms with Crippen molar-refractivity contribution in [1.82, 2.24) is 0 Å². The fourth-order valence-corrected chi connectivity index (χ4v) is 3.17. The lowest BCUT2D eigenvalue weighted by molar-refractivity contribution is 0.415. The highest BCUT2D eigenvalue weighted by Gasteiger charge is 2.11. The predicted octanol–water partition coefficient (Wildman–Crippen LogP) is 3.40. The van der Waals surface area contributed by atoms with Crippen molar-refractivity contribution in [2.24, 2.45) is 0 Å². The Balaban J connectivity index is 2.36. The molecule has 90 valence electrons. The Kier molecular flexibility index (Phi) is 2.76. The summed E-state index contributed by atoms with van der Waals surface area (Å²) in [6.45, 7) is 0. The summed E-state index contributed by atoms with van der Waals surface area (Å²) in [6, 6.07) is 5.67. The van der Waals surface area contributed by atoms with Crippen LogP contribution in [0.3, 0.4) is 0 Å². The van der Waals surface area contributed by atoms with E-state index in [1.165, 1.54) is 0 Å². The molecule has 1 aromatic carbocycles. The number of allylic oxidation sites excluding steroid dienone is 3. The summed E-state index contributed by atoms with van der Waals surface area (Å²) >= 11 is 1.65. The van der Waals surface area contributed by atoms with Crippen molar-refractivity contribution in [3.63, 3.8) is 0 Å². The van der Waals surface area contributed by atoms with E-state index in [2.05, 4.69) is 0 Å².